The first kappa shape index (κ1) is 31.6. The van der Waals surface area contributed by atoms with Gasteiger partial charge in [-0.05, 0) is 61.7 Å². The summed E-state index contributed by atoms with van der Waals surface area (Å²) in [6, 6.07) is 19.5. The van der Waals surface area contributed by atoms with Gasteiger partial charge in [0.25, 0.3) is 10.0 Å². The van der Waals surface area contributed by atoms with E-state index in [1.54, 1.807) is 54.6 Å². The number of nitrogens with one attached hydrogen (secondary N) is 1. The molecule has 2 amide bonds. The minimum atomic E-state index is -4.13. The standard InChI is InChI=1S/C30H35BrClN3O4S/c1-4-6-18-33-30(37)28(5-2)34(20-23-10-7-8-13-27(23)32)29(36)21-35(25-12-9-11-24(31)19-25)40(38,39)26-16-14-22(3)15-17-26/h7-17,19,28H,4-6,18,20-21H2,1-3H3,(H,33,37)/t28-/m1/s1. The van der Waals surface area contributed by atoms with Crippen molar-refractivity contribution >= 4 is 55.1 Å². The predicted molar refractivity (Wildman–Crippen MR) is 164 cm³/mol. The monoisotopic (exact) mass is 647 g/mol. The zero-order valence-corrected chi connectivity index (χ0v) is 26.1. The third-order valence-corrected chi connectivity index (χ3v) is 9.15. The Labute approximate surface area is 250 Å². The predicted octanol–water partition coefficient (Wildman–Crippen LogP) is 6.33. The van der Waals surface area contributed by atoms with Crippen molar-refractivity contribution in [3.63, 3.8) is 0 Å². The van der Waals surface area contributed by atoms with Crippen LogP contribution in [0.25, 0.3) is 0 Å². The number of unbranched alkanes of at least 4 members (excludes halogenated alkanes) is 1. The number of halogens is 2. The van der Waals surface area contributed by atoms with Crippen LogP contribution in [-0.2, 0) is 26.2 Å². The molecular weight excluding hydrogens is 614 g/mol. The Morgan fingerprint density at radius 2 is 1.70 bits per heavy atom. The first-order valence-electron chi connectivity index (χ1n) is 13.2. The van der Waals surface area contributed by atoms with Gasteiger partial charge in [0.1, 0.15) is 12.6 Å². The van der Waals surface area contributed by atoms with Gasteiger partial charge in [-0.3, -0.25) is 13.9 Å². The molecule has 0 fully saturated rings. The molecule has 0 unspecified atom stereocenters. The van der Waals surface area contributed by atoms with Gasteiger partial charge in [0.05, 0.1) is 10.6 Å². The summed E-state index contributed by atoms with van der Waals surface area (Å²) < 4.78 is 29.6. The van der Waals surface area contributed by atoms with Crippen molar-refractivity contribution in [2.75, 3.05) is 17.4 Å². The van der Waals surface area contributed by atoms with Crippen molar-refractivity contribution in [2.45, 2.75) is 57.5 Å². The van der Waals surface area contributed by atoms with Gasteiger partial charge in [-0.25, -0.2) is 8.42 Å². The van der Waals surface area contributed by atoms with E-state index in [1.165, 1.54) is 17.0 Å². The van der Waals surface area contributed by atoms with E-state index in [2.05, 4.69) is 21.2 Å². The number of sulfonamides is 1. The number of nitrogens with zero attached hydrogens (tertiary/aromatic N) is 2. The highest BCUT2D eigenvalue weighted by atomic mass is 79.9. The zero-order valence-electron chi connectivity index (χ0n) is 22.9. The van der Waals surface area contributed by atoms with Crippen LogP contribution in [-0.4, -0.2) is 44.3 Å². The van der Waals surface area contributed by atoms with Gasteiger partial charge in [-0.2, -0.15) is 0 Å². The second kappa shape index (κ2) is 14.7. The molecule has 0 aliphatic rings. The van der Waals surface area contributed by atoms with E-state index < -0.39 is 28.5 Å². The summed E-state index contributed by atoms with van der Waals surface area (Å²) in [6.07, 6.45) is 2.07. The van der Waals surface area contributed by atoms with Crippen molar-refractivity contribution in [3.8, 4) is 0 Å². The van der Waals surface area contributed by atoms with Gasteiger partial charge in [-0.1, -0.05) is 89.8 Å². The Kier molecular flexibility index (Phi) is 11.6. The lowest BCUT2D eigenvalue weighted by atomic mass is 10.1. The first-order valence-corrected chi connectivity index (χ1v) is 15.8. The lowest BCUT2D eigenvalue weighted by molar-refractivity contribution is -0.140. The van der Waals surface area contributed by atoms with Gasteiger partial charge < -0.3 is 10.2 Å². The van der Waals surface area contributed by atoms with Gasteiger partial charge in [0, 0.05) is 22.6 Å². The molecule has 0 saturated carbocycles. The molecule has 0 bridgehead atoms. The van der Waals surface area contributed by atoms with Gasteiger partial charge in [-0.15, -0.1) is 0 Å². The SMILES string of the molecule is CCCCNC(=O)[C@@H](CC)N(Cc1ccccc1Cl)C(=O)CN(c1cccc(Br)c1)S(=O)(=O)c1ccc(C)cc1. The molecule has 3 aromatic rings. The van der Waals surface area contributed by atoms with Crippen LogP contribution in [0.5, 0.6) is 0 Å². The van der Waals surface area contributed by atoms with E-state index in [0.29, 0.717) is 33.7 Å². The molecule has 1 atom stereocenters. The molecule has 3 aromatic carbocycles. The molecule has 3 rings (SSSR count). The molecule has 214 valence electrons. The number of hydrogen-bond donors (Lipinski definition) is 1. The Balaban J connectivity index is 2.05. The summed E-state index contributed by atoms with van der Waals surface area (Å²) in [6.45, 7) is 5.76. The van der Waals surface area contributed by atoms with E-state index in [0.717, 1.165) is 22.7 Å². The fraction of sp³-hybridized carbons (Fsp3) is 0.333. The Bertz CT molecular complexity index is 1420. The number of carbonyl (C=O) groups is 2. The van der Waals surface area contributed by atoms with Crippen LogP contribution in [0.1, 0.15) is 44.2 Å². The van der Waals surface area contributed by atoms with Crippen molar-refractivity contribution in [1.82, 2.24) is 10.2 Å². The molecule has 0 radical (unpaired) electrons. The van der Waals surface area contributed by atoms with E-state index in [4.69, 9.17) is 11.6 Å². The molecule has 0 heterocycles. The number of anilines is 1. The molecule has 0 aliphatic heterocycles. The maximum atomic E-state index is 14.1. The van der Waals surface area contributed by atoms with Crippen LogP contribution >= 0.6 is 27.5 Å². The summed E-state index contributed by atoms with van der Waals surface area (Å²) in [4.78, 5) is 28.8. The fourth-order valence-electron chi connectivity index (χ4n) is 4.23. The molecule has 0 spiro atoms. The maximum Gasteiger partial charge on any atom is 0.264 e. The van der Waals surface area contributed by atoms with Gasteiger partial charge >= 0.3 is 0 Å². The number of benzene rings is 3. The number of carbonyl (C=O) groups excluding carboxylic acids is 2. The van der Waals surface area contributed by atoms with Gasteiger partial charge in [0.15, 0.2) is 0 Å². The van der Waals surface area contributed by atoms with Gasteiger partial charge in [0.2, 0.25) is 11.8 Å². The lowest BCUT2D eigenvalue weighted by Gasteiger charge is -2.33. The Morgan fingerprint density at radius 3 is 2.33 bits per heavy atom. The summed E-state index contributed by atoms with van der Waals surface area (Å²) in [5.41, 5.74) is 1.89. The maximum absolute atomic E-state index is 14.1. The molecule has 10 heteroatoms. The number of amides is 2. The summed E-state index contributed by atoms with van der Waals surface area (Å²) >= 11 is 9.85. The van der Waals surface area contributed by atoms with Crippen molar-refractivity contribution in [1.29, 1.82) is 0 Å². The summed E-state index contributed by atoms with van der Waals surface area (Å²) in [7, 11) is -4.13. The largest absolute Gasteiger partial charge is 0.354 e. The minimum Gasteiger partial charge on any atom is -0.354 e. The molecule has 0 aromatic heterocycles. The van der Waals surface area contributed by atoms with Crippen LogP contribution in [0.4, 0.5) is 5.69 Å². The second-order valence-electron chi connectivity index (χ2n) is 9.49. The van der Waals surface area contributed by atoms with E-state index in [-0.39, 0.29) is 17.3 Å². The summed E-state index contributed by atoms with van der Waals surface area (Å²) in [5, 5.41) is 3.38. The third kappa shape index (κ3) is 8.08. The highest BCUT2D eigenvalue weighted by molar-refractivity contribution is 9.10. The van der Waals surface area contributed by atoms with Crippen LogP contribution in [0, 0.1) is 6.92 Å². The number of rotatable bonds is 13. The second-order valence-corrected chi connectivity index (χ2v) is 12.7. The zero-order chi connectivity index (χ0) is 29.3. The smallest absolute Gasteiger partial charge is 0.264 e. The molecule has 0 aliphatic carbocycles. The van der Waals surface area contributed by atoms with Crippen LogP contribution in [0.15, 0.2) is 82.2 Å². The Hall–Kier alpha value is -2.88. The molecule has 7 nitrogen and oxygen atoms in total. The third-order valence-electron chi connectivity index (χ3n) is 6.50. The topological polar surface area (TPSA) is 86.8 Å². The molecule has 1 N–H and O–H groups in total. The summed E-state index contributed by atoms with van der Waals surface area (Å²) in [5.74, 6) is -0.806. The lowest BCUT2D eigenvalue weighted by Crippen LogP contribution is -2.52. The minimum absolute atomic E-state index is 0.0507. The van der Waals surface area contributed by atoms with Crippen molar-refractivity contribution in [3.05, 3.63) is 93.4 Å². The van der Waals surface area contributed by atoms with E-state index >= 15 is 0 Å². The van der Waals surface area contributed by atoms with Crippen LogP contribution in [0.3, 0.4) is 0 Å². The molecule has 40 heavy (non-hydrogen) atoms. The molecular formula is C30H35BrClN3O4S. The average Bonchev–Trinajstić information content (AvgIpc) is 2.92. The van der Waals surface area contributed by atoms with Crippen LogP contribution in [0.2, 0.25) is 5.02 Å². The highest BCUT2D eigenvalue weighted by Gasteiger charge is 2.34. The van der Waals surface area contributed by atoms with Crippen molar-refractivity contribution < 1.29 is 18.0 Å². The quantitative estimate of drug-likeness (QED) is 0.220. The van der Waals surface area contributed by atoms with Crippen LogP contribution < -0.4 is 9.62 Å². The highest BCUT2D eigenvalue weighted by Crippen LogP contribution is 2.28. The van der Waals surface area contributed by atoms with Crippen molar-refractivity contribution in [2.24, 2.45) is 0 Å². The Morgan fingerprint density at radius 1 is 1.00 bits per heavy atom. The number of hydrogen-bond acceptors (Lipinski definition) is 4. The average molecular weight is 649 g/mol. The first-order chi connectivity index (χ1) is 19.1. The normalized spacial score (nSPS) is 12.0. The molecule has 0 saturated heterocycles. The number of aryl methyl sites for hydroxylation is 1. The van der Waals surface area contributed by atoms with E-state index in [1.807, 2.05) is 26.8 Å². The van der Waals surface area contributed by atoms with E-state index in [9.17, 15) is 18.0 Å². The fourth-order valence-corrected chi connectivity index (χ4v) is 6.22.